The molecule has 6 nitrogen and oxygen atoms in total. The molecule has 0 bridgehead atoms. The van der Waals surface area contributed by atoms with Crippen molar-refractivity contribution in [3.63, 3.8) is 0 Å². The summed E-state index contributed by atoms with van der Waals surface area (Å²) in [5.41, 5.74) is 1.77. The van der Waals surface area contributed by atoms with E-state index in [-0.39, 0.29) is 17.9 Å². The van der Waals surface area contributed by atoms with Crippen molar-refractivity contribution >= 4 is 23.4 Å². The first-order valence-corrected chi connectivity index (χ1v) is 8.75. The van der Waals surface area contributed by atoms with Crippen LogP contribution in [0.5, 0.6) is 0 Å². The van der Waals surface area contributed by atoms with Crippen molar-refractivity contribution < 1.29 is 23.2 Å². The van der Waals surface area contributed by atoms with E-state index in [0.717, 1.165) is 17.7 Å². The second-order valence-electron chi connectivity index (χ2n) is 6.66. The van der Waals surface area contributed by atoms with Crippen molar-refractivity contribution in [3.05, 3.63) is 65.2 Å². The van der Waals surface area contributed by atoms with E-state index in [1.807, 2.05) is 12.1 Å². The molecule has 0 radical (unpaired) electrons. The van der Waals surface area contributed by atoms with E-state index in [4.69, 9.17) is 0 Å². The van der Waals surface area contributed by atoms with Crippen LogP contribution in [0.4, 0.5) is 14.5 Å². The smallest absolute Gasteiger partial charge is 0.247 e. The molecular formula is C20H19F2N3O3. The van der Waals surface area contributed by atoms with E-state index >= 15 is 0 Å². The molecule has 1 aliphatic heterocycles. The fourth-order valence-electron chi connectivity index (χ4n) is 3.02. The van der Waals surface area contributed by atoms with Gasteiger partial charge in [-0.15, -0.1) is 0 Å². The minimum Gasteiger partial charge on any atom is -0.344 e. The average Bonchev–Trinajstić information content (AvgIpc) is 2.61. The summed E-state index contributed by atoms with van der Waals surface area (Å²) >= 11 is 0. The summed E-state index contributed by atoms with van der Waals surface area (Å²) in [5.74, 6) is -2.99. The Bertz CT molecular complexity index is 912. The number of fused-ring (bicyclic) bond motifs is 1. The van der Waals surface area contributed by atoms with Crippen LogP contribution < -0.4 is 16.0 Å². The average molecular weight is 387 g/mol. The third kappa shape index (κ3) is 4.70. The molecule has 3 N–H and O–H groups in total. The van der Waals surface area contributed by atoms with Gasteiger partial charge in [-0.2, -0.15) is 0 Å². The maximum atomic E-state index is 13.2. The number of rotatable bonds is 5. The van der Waals surface area contributed by atoms with Crippen LogP contribution in [0.3, 0.4) is 0 Å². The first-order valence-electron chi connectivity index (χ1n) is 8.75. The highest BCUT2D eigenvalue weighted by Gasteiger charge is 2.29. The molecule has 1 heterocycles. The Balaban J connectivity index is 1.56. The minimum absolute atomic E-state index is 0.158. The number of carbonyl (C=O) groups is 3. The van der Waals surface area contributed by atoms with Gasteiger partial charge in [0.15, 0.2) is 0 Å². The summed E-state index contributed by atoms with van der Waals surface area (Å²) in [6.45, 7) is 1.47. The predicted octanol–water partition coefficient (Wildman–Crippen LogP) is 1.69. The summed E-state index contributed by atoms with van der Waals surface area (Å²) in [6.07, 6.45) is 0.0700. The number of carbonyl (C=O) groups excluding carboxylic acids is 3. The number of hydrogen-bond donors (Lipinski definition) is 3. The third-order valence-electron chi connectivity index (χ3n) is 4.39. The fraction of sp³-hybridized carbons (Fsp3) is 0.250. The zero-order valence-electron chi connectivity index (χ0n) is 15.1. The molecule has 2 aromatic rings. The van der Waals surface area contributed by atoms with Crippen molar-refractivity contribution in [1.29, 1.82) is 0 Å². The van der Waals surface area contributed by atoms with Crippen LogP contribution in [0.15, 0.2) is 42.5 Å². The van der Waals surface area contributed by atoms with Crippen LogP contribution in [0.2, 0.25) is 0 Å². The summed E-state index contributed by atoms with van der Waals surface area (Å²) in [5, 5.41) is 7.80. The van der Waals surface area contributed by atoms with Crippen molar-refractivity contribution in [2.24, 2.45) is 0 Å². The molecule has 8 heteroatoms. The molecule has 2 aromatic carbocycles. The zero-order chi connectivity index (χ0) is 20.3. The number of benzene rings is 2. The molecule has 146 valence electrons. The maximum Gasteiger partial charge on any atom is 0.247 e. The Morgan fingerprint density at radius 3 is 2.57 bits per heavy atom. The molecule has 1 aliphatic rings. The minimum atomic E-state index is -0.920. The lowest BCUT2D eigenvalue weighted by Crippen LogP contribution is -2.53. The Kier molecular flexibility index (Phi) is 5.67. The van der Waals surface area contributed by atoms with Gasteiger partial charge in [-0.25, -0.2) is 8.78 Å². The summed E-state index contributed by atoms with van der Waals surface area (Å²) in [6, 6.07) is 8.43. The molecule has 1 unspecified atom stereocenters. The molecule has 0 aliphatic carbocycles. The second-order valence-corrected chi connectivity index (χ2v) is 6.66. The van der Waals surface area contributed by atoms with Gasteiger partial charge in [0, 0.05) is 18.2 Å². The topological polar surface area (TPSA) is 87.3 Å². The van der Waals surface area contributed by atoms with Crippen LogP contribution >= 0.6 is 0 Å². The molecule has 0 saturated carbocycles. The van der Waals surface area contributed by atoms with Crippen LogP contribution in [0.1, 0.15) is 18.1 Å². The van der Waals surface area contributed by atoms with Crippen LogP contribution in [-0.2, 0) is 27.2 Å². The lowest BCUT2D eigenvalue weighted by Gasteiger charge is -2.26. The largest absolute Gasteiger partial charge is 0.344 e. The van der Waals surface area contributed by atoms with E-state index in [2.05, 4.69) is 16.0 Å². The Morgan fingerprint density at radius 2 is 1.86 bits per heavy atom. The molecule has 3 amide bonds. The first kappa shape index (κ1) is 19.5. The Labute approximate surface area is 160 Å². The van der Waals surface area contributed by atoms with Gasteiger partial charge in [-0.3, -0.25) is 14.4 Å². The lowest BCUT2D eigenvalue weighted by atomic mass is 9.99. The highest BCUT2D eigenvalue weighted by atomic mass is 19.1. The molecule has 0 saturated heterocycles. The van der Waals surface area contributed by atoms with Crippen molar-refractivity contribution in [2.45, 2.75) is 31.8 Å². The highest BCUT2D eigenvalue weighted by molar-refractivity contribution is 6.00. The number of nitrogens with one attached hydrogen (secondary N) is 3. The summed E-state index contributed by atoms with van der Waals surface area (Å²) < 4.78 is 26.4. The van der Waals surface area contributed by atoms with Gasteiger partial charge >= 0.3 is 0 Å². The quantitative estimate of drug-likeness (QED) is 0.730. The lowest BCUT2D eigenvalue weighted by molar-refractivity contribution is -0.130. The van der Waals surface area contributed by atoms with Gasteiger partial charge in [-0.1, -0.05) is 18.2 Å². The van der Waals surface area contributed by atoms with E-state index in [0.29, 0.717) is 18.2 Å². The first-order chi connectivity index (χ1) is 13.3. The summed E-state index contributed by atoms with van der Waals surface area (Å²) in [4.78, 5) is 36.6. The molecule has 3 rings (SSSR count). The third-order valence-corrected chi connectivity index (χ3v) is 4.39. The maximum absolute atomic E-state index is 13.2. The van der Waals surface area contributed by atoms with Crippen LogP contribution in [0, 0.1) is 11.6 Å². The van der Waals surface area contributed by atoms with Crippen molar-refractivity contribution in [2.75, 3.05) is 5.32 Å². The van der Waals surface area contributed by atoms with E-state index in [1.54, 1.807) is 12.1 Å². The van der Waals surface area contributed by atoms with Crippen molar-refractivity contribution in [3.8, 4) is 0 Å². The molecule has 2 atom stereocenters. The summed E-state index contributed by atoms with van der Waals surface area (Å²) in [7, 11) is 0. The van der Waals surface area contributed by atoms with Gasteiger partial charge in [0.05, 0.1) is 6.42 Å². The number of hydrogen-bond acceptors (Lipinski definition) is 3. The van der Waals surface area contributed by atoms with Gasteiger partial charge in [0.2, 0.25) is 17.7 Å². The van der Waals surface area contributed by atoms with E-state index < -0.39 is 35.5 Å². The predicted molar refractivity (Wildman–Crippen MR) is 98.4 cm³/mol. The van der Waals surface area contributed by atoms with Gasteiger partial charge in [0.25, 0.3) is 0 Å². The monoisotopic (exact) mass is 387 g/mol. The number of halogens is 2. The molecule has 0 aromatic heterocycles. The Hall–Kier alpha value is -3.29. The van der Waals surface area contributed by atoms with Gasteiger partial charge in [-0.05, 0) is 36.2 Å². The highest BCUT2D eigenvalue weighted by Crippen LogP contribution is 2.21. The van der Waals surface area contributed by atoms with Crippen molar-refractivity contribution in [1.82, 2.24) is 10.6 Å². The zero-order valence-corrected chi connectivity index (χ0v) is 15.1. The normalized spacial score (nSPS) is 16.5. The fourth-order valence-corrected chi connectivity index (χ4v) is 3.02. The number of amides is 3. The van der Waals surface area contributed by atoms with E-state index in [1.165, 1.54) is 6.92 Å². The Morgan fingerprint density at radius 1 is 1.18 bits per heavy atom. The molecule has 0 fully saturated rings. The molecule has 28 heavy (non-hydrogen) atoms. The second kappa shape index (κ2) is 8.16. The molecular weight excluding hydrogens is 368 g/mol. The van der Waals surface area contributed by atoms with Crippen LogP contribution in [-0.4, -0.2) is 29.8 Å². The van der Waals surface area contributed by atoms with Gasteiger partial charge in [0.1, 0.15) is 23.7 Å². The SMILES string of the molecule is C[C@H](NC(=O)Cc1cc(F)cc(F)c1)C(=O)NC1Cc2ccccc2NC1=O. The number of anilines is 1. The number of para-hydroxylation sites is 1. The standard InChI is InChI=1S/C20H19F2N3O3/c1-11(23-18(26)8-12-6-14(21)10-15(22)7-12)19(27)25-17-9-13-4-2-3-5-16(13)24-20(17)28/h2-7,10-11,17H,8-9H2,1H3,(H,23,26)(H,24,28)(H,25,27)/t11-,17?/m0/s1. The van der Waals surface area contributed by atoms with E-state index in [9.17, 15) is 23.2 Å². The van der Waals surface area contributed by atoms with Gasteiger partial charge < -0.3 is 16.0 Å². The van der Waals surface area contributed by atoms with Crippen LogP contribution in [0.25, 0.3) is 0 Å². The molecule has 0 spiro atoms.